The first-order valence-corrected chi connectivity index (χ1v) is 7.04. The third kappa shape index (κ3) is 3.00. The topological polar surface area (TPSA) is 30.5 Å². The summed E-state index contributed by atoms with van der Waals surface area (Å²) < 4.78 is 23.7. The Morgan fingerprint density at radius 1 is 0.905 bits per heavy atom. The van der Waals surface area contributed by atoms with Gasteiger partial charge >= 0.3 is 0 Å². The van der Waals surface area contributed by atoms with Crippen molar-refractivity contribution in [2.24, 2.45) is 0 Å². The molecule has 4 heteroatoms. The highest BCUT2D eigenvalue weighted by molar-refractivity contribution is 5.45. The number of hydrogen-bond donors (Lipinski definition) is 1. The Bertz CT molecular complexity index is 627. The van der Waals surface area contributed by atoms with Gasteiger partial charge in [-0.15, -0.1) is 0 Å². The van der Waals surface area contributed by atoms with Gasteiger partial charge in [-0.25, -0.2) is 4.39 Å². The minimum Gasteiger partial charge on any atom is -0.454 e. The zero-order valence-electron chi connectivity index (χ0n) is 12.1. The molecule has 2 unspecified atom stereocenters. The van der Waals surface area contributed by atoms with Crippen molar-refractivity contribution in [1.29, 1.82) is 0 Å². The van der Waals surface area contributed by atoms with Gasteiger partial charge in [-0.3, -0.25) is 0 Å². The number of fused-ring (bicyclic) bond motifs is 1. The highest BCUT2D eigenvalue weighted by Gasteiger charge is 2.17. The molecule has 3 nitrogen and oxygen atoms in total. The molecule has 2 atom stereocenters. The minimum atomic E-state index is -0.213. The van der Waals surface area contributed by atoms with Crippen molar-refractivity contribution < 1.29 is 13.9 Å². The van der Waals surface area contributed by atoms with E-state index in [2.05, 4.69) is 19.2 Å². The van der Waals surface area contributed by atoms with Crippen LogP contribution in [-0.2, 0) is 0 Å². The second-order valence-electron chi connectivity index (χ2n) is 5.27. The van der Waals surface area contributed by atoms with Crippen molar-refractivity contribution in [3.63, 3.8) is 0 Å². The number of ether oxygens (including phenoxy) is 2. The van der Waals surface area contributed by atoms with Crippen LogP contribution in [0.25, 0.3) is 0 Å². The molecule has 21 heavy (non-hydrogen) atoms. The van der Waals surface area contributed by atoms with Crippen molar-refractivity contribution >= 4 is 0 Å². The average Bonchev–Trinajstić information content (AvgIpc) is 2.95. The first kappa shape index (κ1) is 13.9. The molecule has 0 radical (unpaired) electrons. The fourth-order valence-corrected chi connectivity index (χ4v) is 2.50. The summed E-state index contributed by atoms with van der Waals surface area (Å²) in [5.41, 5.74) is 2.19. The Hall–Kier alpha value is -2.07. The summed E-state index contributed by atoms with van der Waals surface area (Å²) in [6.07, 6.45) is 0. The predicted molar refractivity (Wildman–Crippen MR) is 78.9 cm³/mol. The summed E-state index contributed by atoms with van der Waals surface area (Å²) in [5.74, 6) is 1.36. The van der Waals surface area contributed by atoms with Crippen molar-refractivity contribution in [3.05, 3.63) is 59.4 Å². The molecule has 1 aliphatic rings. The van der Waals surface area contributed by atoms with Crippen molar-refractivity contribution in [1.82, 2.24) is 5.32 Å². The van der Waals surface area contributed by atoms with Crippen LogP contribution in [0.5, 0.6) is 11.5 Å². The van der Waals surface area contributed by atoms with Gasteiger partial charge in [-0.2, -0.15) is 0 Å². The molecule has 0 spiro atoms. The van der Waals surface area contributed by atoms with Gasteiger partial charge in [0.2, 0.25) is 6.79 Å². The molecule has 0 saturated heterocycles. The molecule has 0 saturated carbocycles. The van der Waals surface area contributed by atoms with Crippen LogP contribution in [0.1, 0.15) is 37.1 Å². The van der Waals surface area contributed by atoms with Crippen LogP contribution in [0.15, 0.2) is 42.5 Å². The molecule has 2 aromatic rings. The van der Waals surface area contributed by atoms with Crippen molar-refractivity contribution in [2.75, 3.05) is 6.79 Å². The zero-order chi connectivity index (χ0) is 14.8. The zero-order valence-corrected chi connectivity index (χ0v) is 12.1. The summed E-state index contributed by atoms with van der Waals surface area (Å²) in [6.45, 7) is 4.45. The highest BCUT2D eigenvalue weighted by Crippen LogP contribution is 2.34. The van der Waals surface area contributed by atoms with E-state index < -0.39 is 0 Å². The van der Waals surface area contributed by atoms with Crippen LogP contribution >= 0.6 is 0 Å². The van der Waals surface area contributed by atoms with Gasteiger partial charge in [-0.1, -0.05) is 18.2 Å². The lowest BCUT2D eigenvalue weighted by Crippen LogP contribution is -2.22. The van der Waals surface area contributed by atoms with Crippen molar-refractivity contribution in [2.45, 2.75) is 25.9 Å². The van der Waals surface area contributed by atoms with E-state index in [4.69, 9.17) is 9.47 Å². The summed E-state index contributed by atoms with van der Waals surface area (Å²) in [4.78, 5) is 0. The maximum Gasteiger partial charge on any atom is 0.231 e. The van der Waals surface area contributed by atoms with Crippen LogP contribution in [0.4, 0.5) is 4.39 Å². The van der Waals surface area contributed by atoms with Crippen LogP contribution < -0.4 is 14.8 Å². The smallest absolute Gasteiger partial charge is 0.231 e. The van der Waals surface area contributed by atoms with Gasteiger partial charge in [-0.05, 0) is 49.2 Å². The Balaban J connectivity index is 1.70. The molecule has 2 aromatic carbocycles. The molecule has 1 heterocycles. The molecular formula is C17H18FNO2. The maximum absolute atomic E-state index is 13.0. The predicted octanol–water partition coefficient (Wildman–Crippen LogP) is 3.97. The average molecular weight is 287 g/mol. The first-order chi connectivity index (χ1) is 10.1. The second-order valence-corrected chi connectivity index (χ2v) is 5.27. The molecule has 0 bridgehead atoms. The van der Waals surface area contributed by atoms with E-state index in [0.717, 1.165) is 22.6 Å². The summed E-state index contributed by atoms with van der Waals surface area (Å²) in [5, 5.41) is 3.50. The molecule has 1 N–H and O–H groups in total. The first-order valence-electron chi connectivity index (χ1n) is 7.04. The van der Waals surface area contributed by atoms with E-state index in [1.54, 1.807) is 12.1 Å². The number of hydrogen-bond acceptors (Lipinski definition) is 3. The summed E-state index contributed by atoms with van der Waals surface area (Å²) in [6, 6.07) is 12.8. The lowest BCUT2D eigenvalue weighted by Gasteiger charge is -2.21. The molecule has 0 amide bonds. The standard InChI is InChI=1S/C17H18FNO2/c1-11(13-3-6-15(18)7-4-13)19-12(2)14-5-8-16-17(9-14)21-10-20-16/h3-9,11-12,19H,10H2,1-2H3. The maximum atomic E-state index is 13.0. The lowest BCUT2D eigenvalue weighted by molar-refractivity contribution is 0.174. The third-order valence-corrected chi connectivity index (χ3v) is 3.77. The van der Waals surface area contributed by atoms with Gasteiger partial charge < -0.3 is 14.8 Å². The molecule has 3 rings (SSSR count). The monoisotopic (exact) mass is 287 g/mol. The van der Waals surface area contributed by atoms with Gasteiger partial charge in [0.15, 0.2) is 11.5 Å². The molecule has 0 fully saturated rings. The van der Waals surface area contributed by atoms with Gasteiger partial charge in [0.25, 0.3) is 0 Å². The van der Waals surface area contributed by atoms with Crippen LogP contribution in [-0.4, -0.2) is 6.79 Å². The second kappa shape index (κ2) is 5.74. The molecule has 1 aliphatic heterocycles. The van der Waals surface area contributed by atoms with E-state index >= 15 is 0 Å². The number of benzene rings is 2. The fourth-order valence-electron chi connectivity index (χ4n) is 2.50. The van der Waals surface area contributed by atoms with Gasteiger partial charge in [0.05, 0.1) is 0 Å². The van der Waals surface area contributed by atoms with Crippen LogP contribution in [0.2, 0.25) is 0 Å². The Morgan fingerprint density at radius 3 is 2.29 bits per heavy atom. The Morgan fingerprint density at radius 2 is 1.52 bits per heavy atom. The van der Waals surface area contributed by atoms with Crippen LogP contribution in [0.3, 0.4) is 0 Å². The molecule has 0 aliphatic carbocycles. The molecule has 110 valence electrons. The SMILES string of the molecule is CC(NC(C)c1ccc2c(c1)OCO2)c1ccc(F)cc1. The van der Waals surface area contributed by atoms with E-state index in [9.17, 15) is 4.39 Å². The molecular weight excluding hydrogens is 269 g/mol. The largest absolute Gasteiger partial charge is 0.454 e. The van der Waals surface area contributed by atoms with Crippen molar-refractivity contribution in [3.8, 4) is 11.5 Å². The third-order valence-electron chi connectivity index (χ3n) is 3.77. The van der Waals surface area contributed by atoms with E-state index in [-0.39, 0.29) is 24.7 Å². The Labute approximate surface area is 123 Å². The summed E-state index contributed by atoms with van der Waals surface area (Å²) >= 11 is 0. The van der Waals surface area contributed by atoms with E-state index in [1.807, 2.05) is 18.2 Å². The molecule has 0 aromatic heterocycles. The Kier molecular flexibility index (Phi) is 3.80. The number of rotatable bonds is 4. The highest BCUT2D eigenvalue weighted by atomic mass is 19.1. The number of halogens is 1. The van der Waals surface area contributed by atoms with Crippen LogP contribution in [0, 0.1) is 5.82 Å². The van der Waals surface area contributed by atoms with E-state index in [1.165, 1.54) is 12.1 Å². The minimum absolute atomic E-state index is 0.131. The number of nitrogens with one attached hydrogen (secondary N) is 1. The van der Waals surface area contributed by atoms with E-state index in [0.29, 0.717) is 0 Å². The summed E-state index contributed by atoms with van der Waals surface area (Å²) in [7, 11) is 0. The fraction of sp³-hybridized carbons (Fsp3) is 0.294. The van der Waals surface area contributed by atoms with Gasteiger partial charge in [0, 0.05) is 12.1 Å². The quantitative estimate of drug-likeness (QED) is 0.923. The normalized spacial score (nSPS) is 15.8. The van der Waals surface area contributed by atoms with Gasteiger partial charge in [0.1, 0.15) is 5.82 Å². The lowest BCUT2D eigenvalue weighted by atomic mass is 10.0.